The highest BCUT2D eigenvalue weighted by Gasteiger charge is 2.25. The summed E-state index contributed by atoms with van der Waals surface area (Å²) in [6.45, 7) is 6.31. The maximum absolute atomic E-state index is 13.1. The van der Waals surface area contributed by atoms with Crippen LogP contribution in [0.4, 0.5) is 11.6 Å². The summed E-state index contributed by atoms with van der Waals surface area (Å²) < 4.78 is 3.36. The summed E-state index contributed by atoms with van der Waals surface area (Å²) in [5, 5.41) is 12.8. The number of pyridine rings is 1. The maximum atomic E-state index is 13.1. The molecular weight excluding hydrogens is 416 g/mol. The van der Waals surface area contributed by atoms with Crippen LogP contribution in [0.2, 0.25) is 0 Å². The second-order valence-corrected chi connectivity index (χ2v) is 8.26. The van der Waals surface area contributed by atoms with E-state index in [2.05, 4.69) is 34.9 Å². The minimum atomic E-state index is -0.182. The molecule has 8 nitrogen and oxygen atoms in total. The molecule has 2 N–H and O–H groups in total. The molecular formula is C25H26N6O2. The first-order chi connectivity index (χ1) is 16.1. The number of aryl methyl sites for hydroxylation is 1. The standard InChI is InChI=1S/C25H26N6O2/c1-3-13-30-24(33)20-14-26-25(27-19-10-5-16(15-32)6-11-19)29-23(20)31(30)21-12-9-18-8-7-17(4-2)22(18)28-21/h3,5-6,9-12,14,17,32H,1,4,7-8,13,15H2,2H3,(H,26,27,29). The zero-order valence-corrected chi connectivity index (χ0v) is 18.5. The van der Waals surface area contributed by atoms with E-state index in [0.717, 1.165) is 36.2 Å². The van der Waals surface area contributed by atoms with Gasteiger partial charge in [0.05, 0.1) is 13.2 Å². The van der Waals surface area contributed by atoms with Gasteiger partial charge in [0, 0.05) is 23.5 Å². The number of hydrogen-bond donors (Lipinski definition) is 2. The number of rotatable bonds is 7. The van der Waals surface area contributed by atoms with Crippen LogP contribution in [-0.4, -0.2) is 29.4 Å². The molecule has 168 valence electrons. The summed E-state index contributed by atoms with van der Waals surface area (Å²) in [6.07, 6.45) is 6.43. The van der Waals surface area contributed by atoms with E-state index in [4.69, 9.17) is 4.98 Å². The topological polar surface area (TPSA) is 97.9 Å². The average Bonchev–Trinajstić information content (AvgIpc) is 3.37. The molecule has 1 atom stereocenters. The van der Waals surface area contributed by atoms with Gasteiger partial charge in [-0.2, -0.15) is 4.98 Å². The quantitative estimate of drug-likeness (QED) is 0.422. The van der Waals surface area contributed by atoms with Crippen LogP contribution < -0.4 is 10.9 Å². The van der Waals surface area contributed by atoms with Gasteiger partial charge in [0.2, 0.25) is 5.95 Å². The van der Waals surface area contributed by atoms with Crippen molar-refractivity contribution in [3.05, 3.63) is 82.4 Å². The number of fused-ring (bicyclic) bond motifs is 2. The summed E-state index contributed by atoms with van der Waals surface area (Å²) in [5.41, 5.74) is 4.31. The zero-order chi connectivity index (χ0) is 22.9. The molecule has 0 aliphatic heterocycles. The molecule has 8 heteroatoms. The minimum Gasteiger partial charge on any atom is -0.392 e. The lowest BCUT2D eigenvalue weighted by atomic mass is 10.0. The fourth-order valence-corrected chi connectivity index (χ4v) is 4.47. The van der Waals surface area contributed by atoms with Gasteiger partial charge in [-0.1, -0.05) is 31.2 Å². The molecule has 0 bridgehead atoms. The fourth-order valence-electron chi connectivity index (χ4n) is 4.47. The molecule has 3 aromatic heterocycles. The first kappa shape index (κ1) is 21.1. The third kappa shape index (κ3) is 3.72. The predicted molar refractivity (Wildman–Crippen MR) is 128 cm³/mol. The molecule has 0 spiro atoms. The second-order valence-electron chi connectivity index (χ2n) is 8.26. The number of aliphatic hydroxyl groups excluding tert-OH is 1. The number of nitrogens with one attached hydrogen (secondary N) is 1. The Balaban J connectivity index is 1.63. The first-order valence-corrected chi connectivity index (χ1v) is 11.2. The monoisotopic (exact) mass is 442 g/mol. The number of anilines is 2. The van der Waals surface area contributed by atoms with Crippen molar-refractivity contribution >= 4 is 22.7 Å². The van der Waals surface area contributed by atoms with Gasteiger partial charge < -0.3 is 10.4 Å². The highest BCUT2D eigenvalue weighted by molar-refractivity contribution is 5.77. The Kier molecular flexibility index (Phi) is 5.51. The molecule has 0 saturated heterocycles. The van der Waals surface area contributed by atoms with Gasteiger partial charge in [0.1, 0.15) is 5.39 Å². The van der Waals surface area contributed by atoms with Crippen LogP contribution in [0, 0.1) is 0 Å². The van der Waals surface area contributed by atoms with E-state index in [1.54, 1.807) is 21.6 Å². The zero-order valence-electron chi connectivity index (χ0n) is 18.5. The number of nitrogens with zero attached hydrogens (tertiary/aromatic N) is 5. The third-order valence-corrected chi connectivity index (χ3v) is 6.23. The van der Waals surface area contributed by atoms with Crippen molar-refractivity contribution in [1.82, 2.24) is 24.3 Å². The van der Waals surface area contributed by atoms with E-state index in [1.807, 2.05) is 30.3 Å². The van der Waals surface area contributed by atoms with Crippen molar-refractivity contribution in [3.8, 4) is 5.82 Å². The van der Waals surface area contributed by atoms with Gasteiger partial charge in [-0.25, -0.2) is 19.3 Å². The van der Waals surface area contributed by atoms with Gasteiger partial charge in [0.25, 0.3) is 5.56 Å². The van der Waals surface area contributed by atoms with E-state index < -0.39 is 0 Å². The molecule has 3 heterocycles. The van der Waals surface area contributed by atoms with Crippen molar-refractivity contribution in [2.24, 2.45) is 0 Å². The molecule has 0 saturated carbocycles. The lowest BCUT2D eigenvalue weighted by molar-refractivity contribution is 0.282. The second kappa shape index (κ2) is 8.63. The lowest BCUT2D eigenvalue weighted by Crippen LogP contribution is -2.22. The molecule has 0 radical (unpaired) electrons. The van der Waals surface area contributed by atoms with Crippen LogP contribution in [0.1, 0.15) is 42.5 Å². The number of hydrogen-bond acceptors (Lipinski definition) is 6. The Morgan fingerprint density at radius 2 is 2.03 bits per heavy atom. The van der Waals surface area contributed by atoms with E-state index >= 15 is 0 Å². The third-order valence-electron chi connectivity index (χ3n) is 6.23. The summed E-state index contributed by atoms with van der Waals surface area (Å²) in [4.78, 5) is 27.2. The molecule has 0 fully saturated rings. The van der Waals surface area contributed by atoms with Gasteiger partial charge in [-0.3, -0.25) is 4.79 Å². The van der Waals surface area contributed by atoms with Crippen molar-refractivity contribution < 1.29 is 5.11 Å². The van der Waals surface area contributed by atoms with Gasteiger partial charge >= 0.3 is 0 Å². The highest BCUT2D eigenvalue weighted by atomic mass is 16.3. The average molecular weight is 443 g/mol. The Morgan fingerprint density at radius 3 is 2.76 bits per heavy atom. The molecule has 4 aromatic rings. The molecule has 5 rings (SSSR count). The Morgan fingerprint density at radius 1 is 1.21 bits per heavy atom. The largest absolute Gasteiger partial charge is 0.392 e. The smallest absolute Gasteiger partial charge is 0.278 e. The van der Waals surface area contributed by atoms with Crippen LogP contribution in [0.15, 0.2) is 60.0 Å². The summed E-state index contributed by atoms with van der Waals surface area (Å²) >= 11 is 0. The van der Waals surface area contributed by atoms with E-state index in [1.165, 1.54) is 5.56 Å². The van der Waals surface area contributed by atoms with Crippen molar-refractivity contribution in [3.63, 3.8) is 0 Å². The lowest BCUT2D eigenvalue weighted by Gasteiger charge is -2.13. The molecule has 33 heavy (non-hydrogen) atoms. The molecule has 1 aromatic carbocycles. The Hall–Kier alpha value is -3.78. The molecule has 1 aliphatic carbocycles. The summed E-state index contributed by atoms with van der Waals surface area (Å²) in [7, 11) is 0. The summed E-state index contributed by atoms with van der Waals surface area (Å²) in [6, 6.07) is 11.4. The van der Waals surface area contributed by atoms with Gasteiger partial charge in [0.15, 0.2) is 11.5 Å². The minimum absolute atomic E-state index is 0.0154. The van der Waals surface area contributed by atoms with Crippen LogP contribution >= 0.6 is 0 Å². The number of aliphatic hydroxyl groups is 1. The Bertz CT molecular complexity index is 1390. The SMILES string of the molecule is C=CCn1c(=O)c2cnc(Nc3ccc(CO)cc3)nc2n1-c1ccc2c(n1)C(CC)CC2. The fraction of sp³-hybridized carbons (Fsp3) is 0.280. The normalized spacial score (nSPS) is 15.0. The van der Waals surface area contributed by atoms with Crippen molar-refractivity contribution in [1.29, 1.82) is 0 Å². The highest BCUT2D eigenvalue weighted by Crippen LogP contribution is 2.34. The number of aromatic nitrogens is 5. The predicted octanol–water partition coefficient (Wildman–Crippen LogP) is 3.84. The number of allylic oxidation sites excluding steroid dienone is 1. The van der Waals surface area contributed by atoms with Gasteiger partial charge in [-0.15, -0.1) is 6.58 Å². The maximum Gasteiger partial charge on any atom is 0.278 e. The van der Waals surface area contributed by atoms with Crippen LogP contribution in [0.5, 0.6) is 0 Å². The van der Waals surface area contributed by atoms with Gasteiger partial charge in [-0.05, 0) is 48.6 Å². The molecule has 1 aliphatic rings. The Labute approximate surface area is 191 Å². The first-order valence-electron chi connectivity index (χ1n) is 11.2. The van der Waals surface area contributed by atoms with Crippen LogP contribution in [-0.2, 0) is 19.6 Å². The van der Waals surface area contributed by atoms with Crippen molar-refractivity contribution in [2.45, 2.75) is 45.3 Å². The van der Waals surface area contributed by atoms with E-state index in [0.29, 0.717) is 35.3 Å². The number of benzene rings is 1. The molecule has 0 amide bonds. The summed E-state index contributed by atoms with van der Waals surface area (Å²) in [5.74, 6) is 1.48. The van der Waals surface area contributed by atoms with Crippen LogP contribution in [0.3, 0.4) is 0 Å². The molecule has 1 unspecified atom stereocenters. The van der Waals surface area contributed by atoms with Crippen LogP contribution in [0.25, 0.3) is 16.9 Å². The van der Waals surface area contributed by atoms with E-state index in [9.17, 15) is 9.90 Å². The van der Waals surface area contributed by atoms with E-state index in [-0.39, 0.29) is 12.2 Å². The van der Waals surface area contributed by atoms with Crippen molar-refractivity contribution in [2.75, 3.05) is 5.32 Å².